The monoisotopic (exact) mass is 594 g/mol. The van der Waals surface area contributed by atoms with Gasteiger partial charge in [0.1, 0.15) is 36.6 Å². The number of rotatable bonds is 18. The predicted molar refractivity (Wildman–Crippen MR) is 115 cm³/mol. The topological polar surface area (TPSA) is 289 Å². The second-order valence-electron chi connectivity index (χ2n) is 7.42. The van der Waals surface area contributed by atoms with E-state index in [1.807, 2.05) is 0 Å². The van der Waals surface area contributed by atoms with Crippen LogP contribution in [0.2, 0.25) is 0 Å². The lowest BCUT2D eigenvalue weighted by Crippen LogP contribution is -2.67. The maximum absolute atomic E-state index is 11.7. The Morgan fingerprint density at radius 3 is 0.889 bits per heavy atom. The quantitative estimate of drug-likeness (QED) is 0.0597. The lowest BCUT2D eigenvalue weighted by Gasteiger charge is -2.49. The molecule has 9 N–H and O–H groups in total. The van der Waals surface area contributed by atoms with Gasteiger partial charge in [0, 0.05) is 39.6 Å². The second-order valence-corrected chi connectivity index (χ2v) is 11.0. The molecule has 216 valence electrons. The zero-order valence-corrected chi connectivity index (χ0v) is 21.6. The van der Waals surface area contributed by atoms with Crippen LogP contribution in [-0.4, -0.2) is 121 Å². The lowest BCUT2D eigenvalue weighted by atomic mass is 9.84. The fourth-order valence-corrected chi connectivity index (χ4v) is 5.05. The number of ether oxygens (including phenoxy) is 3. The molecule has 1 aliphatic carbocycles. The van der Waals surface area contributed by atoms with Crippen LogP contribution in [0.25, 0.3) is 0 Å². The van der Waals surface area contributed by atoms with Gasteiger partial charge < -0.3 is 58.9 Å². The third kappa shape index (κ3) is 12.8. The van der Waals surface area contributed by atoms with Gasteiger partial charge in [0.05, 0.1) is 0 Å². The molecule has 1 fully saturated rings. The Labute approximate surface area is 205 Å². The zero-order chi connectivity index (χ0) is 27.6. The molecule has 0 bridgehead atoms. The highest BCUT2D eigenvalue weighted by molar-refractivity contribution is 7.47. The van der Waals surface area contributed by atoms with Gasteiger partial charge in [-0.15, -0.1) is 0 Å². The second kappa shape index (κ2) is 15.6. The van der Waals surface area contributed by atoms with Gasteiger partial charge in [-0.1, -0.05) is 0 Å². The summed E-state index contributed by atoms with van der Waals surface area (Å²) >= 11 is 0. The van der Waals surface area contributed by atoms with Crippen molar-refractivity contribution < 1.29 is 86.2 Å². The van der Waals surface area contributed by atoms with Gasteiger partial charge in [-0.25, -0.2) is 13.7 Å². The van der Waals surface area contributed by atoms with Gasteiger partial charge in [-0.3, -0.25) is 13.6 Å². The lowest BCUT2D eigenvalue weighted by molar-refractivity contribution is -0.248. The van der Waals surface area contributed by atoms with E-state index in [9.17, 15) is 43.1 Å². The van der Waals surface area contributed by atoms with E-state index in [-0.39, 0.29) is 58.9 Å². The summed E-state index contributed by atoms with van der Waals surface area (Å²) in [6.07, 6.45) is -11.5. The van der Waals surface area contributed by atoms with Crippen LogP contribution in [0.3, 0.4) is 0 Å². The van der Waals surface area contributed by atoms with Crippen LogP contribution in [0, 0.1) is 0 Å². The molecule has 1 aliphatic rings. The highest BCUT2D eigenvalue weighted by atomic mass is 31.2. The zero-order valence-electron chi connectivity index (χ0n) is 18.9. The Balaban J connectivity index is 3.68. The molecule has 0 aromatic rings. The Kier molecular flexibility index (Phi) is 14.8. The third-order valence-corrected chi connectivity index (χ3v) is 6.11. The molecule has 18 nitrogen and oxygen atoms in total. The molecule has 36 heavy (non-hydrogen) atoms. The minimum atomic E-state index is -5.53. The van der Waals surface area contributed by atoms with E-state index in [1.54, 1.807) is 0 Å². The molecule has 0 aliphatic heterocycles. The van der Waals surface area contributed by atoms with E-state index in [0.717, 1.165) is 0 Å². The summed E-state index contributed by atoms with van der Waals surface area (Å²) in [6.45, 7) is -1.94. The normalized spacial score (nSPS) is 27.9. The average Bonchev–Trinajstić information content (AvgIpc) is 2.72. The SMILES string of the molecule is O=P(O)(O)O[C@@H]1[C@@H](OP(=O)(O)O)[C@H](OCCCO)[C@@H](OCCCO)[C@H](OCCCO)[C@@H]1OP(=O)(O)O. The molecule has 0 amide bonds. The first-order chi connectivity index (χ1) is 16.6. The summed E-state index contributed by atoms with van der Waals surface area (Å²) in [5, 5.41) is 27.3. The summed E-state index contributed by atoms with van der Waals surface area (Å²) in [7, 11) is -16.5. The molecule has 0 saturated heterocycles. The van der Waals surface area contributed by atoms with Gasteiger partial charge in [0.25, 0.3) is 0 Å². The maximum atomic E-state index is 11.7. The first-order valence-electron chi connectivity index (χ1n) is 10.5. The summed E-state index contributed by atoms with van der Waals surface area (Å²) < 4.78 is 65.9. The summed E-state index contributed by atoms with van der Waals surface area (Å²) in [5.41, 5.74) is 0. The van der Waals surface area contributed by atoms with Gasteiger partial charge in [0.2, 0.25) is 0 Å². The molecule has 21 heteroatoms. The average molecular weight is 594 g/mol. The van der Waals surface area contributed by atoms with E-state index >= 15 is 0 Å². The van der Waals surface area contributed by atoms with Crippen LogP contribution in [0.4, 0.5) is 0 Å². The van der Waals surface area contributed by atoms with Crippen LogP contribution in [0.15, 0.2) is 0 Å². The van der Waals surface area contributed by atoms with E-state index in [1.165, 1.54) is 0 Å². The van der Waals surface area contributed by atoms with Crippen LogP contribution in [-0.2, 0) is 41.5 Å². The van der Waals surface area contributed by atoms with Crippen LogP contribution < -0.4 is 0 Å². The predicted octanol–water partition coefficient (Wildman–Crippen LogP) is -2.26. The first-order valence-corrected chi connectivity index (χ1v) is 15.1. The molecule has 0 unspecified atom stereocenters. The summed E-state index contributed by atoms with van der Waals surface area (Å²) in [6, 6.07) is 0. The molecule has 0 aromatic heterocycles. The number of phosphoric ester groups is 3. The van der Waals surface area contributed by atoms with Gasteiger partial charge in [-0.2, -0.15) is 0 Å². The van der Waals surface area contributed by atoms with Gasteiger partial charge in [-0.05, 0) is 19.3 Å². The van der Waals surface area contributed by atoms with Crippen LogP contribution in [0.5, 0.6) is 0 Å². The van der Waals surface area contributed by atoms with Crippen LogP contribution in [0.1, 0.15) is 19.3 Å². The highest BCUT2D eigenvalue weighted by Crippen LogP contribution is 2.51. The molecular weight excluding hydrogens is 561 g/mol. The van der Waals surface area contributed by atoms with Gasteiger partial charge >= 0.3 is 23.5 Å². The molecule has 6 atom stereocenters. The Bertz CT molecular complexity index is 719. The standard InChI is InChI=1S/C15H33O18P3/c16-4-1-7-28-10-11(29-8-2-5-17)13(31-34(19,20)21)15(33-36(25,26)27)14(32-35(22,23)24)12(10)30-9-3-6-18/h10-18H,1-9H2,(H2,19,20,21)(H2,22,23,24)(H2,25,26,27)/t10-,11-,12+,13-,14-,15-/m0/s1. The molecule has 0 aromatic carbocycles. The van der Waals surface area contributed by atoms with E-state index in [2.05, 4.69) is 13.6 Å². The number of hydrogen-bond donors (Lipinski definition) is 9. The van der Waals surface area contributed by atoms with Crippen molar-refractivity contribution in [1.29, 1.82) is 0 Å². The molecule has 0 radical (unpaired) electrons. The van der Waals surface area contributed by atoms with E-state index < -0.39 is 60.1 Å². The third-order valence-electron chi connectivity index (χ3n) is 4.56. The van der Waals surface area contributed by atoms with Crippen molar-refractivity contribution in [3.05, 3.63) is 0 Å². The number of hydrogen-bond acceptors (Lipinski definition) is 12. The van der Waals surface area contributed by atoms with Crippen molar-refractivity contribution >= 4 is 23.5 Å². The molecule has 1 rings (SSSR count). The van der Waals surface area contributed by atoms with Crippen molar-refractivity contribution in [3.8, 4) is 0 Å². The number of aliphatic hydroxyl groups is 3. The van der Waals surface area contributed by atoms with Crippen LogP contribution >= 0.6 is 23.5 Å². The van der Waals surface area contributed by atoms with E-state index in [4.69, 9.17) is 29.5 Å². The maximum Gasteiger partial charge on any atom is 0.470 e. The minimum absolute atomic E-state index is 0.00897. The first kappa shape index (κ1) is 34.1. The highest BCUT2D eigenvalue weighted by Gasteiger charge is 2.59. The Morgan fingerprint density at radius 2 is 0.667 bits per heavy atom. The van der Waals surface area contributed by atoms with Crippen molar-refractivity contribution in [1.82, 2.24) is 0 Å². The fourth-order valence-electron chi connectivity index (χ4n) is 3.38. The molecule has 0 heterocycles. The summed E-state index contributed by atoms with van der Waals surface area (Å²) in [4.78, 5) is 56.7. The fraction of sp³-hybridized carbons (Fsp3) is 1.00. The van der Waals surface area contributed by atoms with Crippen molar-refractivity contribution in [2.75, 3.05) is 39.6 Å². The minimum Gasteiger partial charge on any atom is -0.396 e. The molecule has 1 saturated carbocycles. The Hall–Kier alpha value is 0.0900. The smallest absolute Gasteiger partial charge is 0.396 e. The van der Waals surface area contributed by atoms with Crippen molar-refractivity contribution in [2.24, 2.45) is 0 Å². The van der Waals surface area contributed by atoms with Crippen molar-refractivity contribution in [3.63, 3.8) is 0 Å². The number of aliphatic hydroxyl groups excluding tert-OH is 3. The molecule has 0 spiro atoms. The van der Waals surface area contributed by atoms with E-state index in [0.29, 0.717) is 0 Å². The number of phosphoric acid groups is 3. The van der Waals surface area contributed by atoms with Gasteiger partial charge in [0.15, 0.2) is 0 Å². The summed E-state index contributed by atoms with van der Waals surface area (Å²) in [5.74, 6) is 0. The Morgan fingerprint density at radius 1 is 0.444 bits per heavy atom. The largest absolute Gasteiger partial charge is 0.470 e. The molecular formula is C15H33O18P3. The van der Waals surface area contributed by atoms with Crippen molar-refractivity contribution in [2.45, 2.75) is 55.9 Å².